The number of nitrogens with one attached hydrogen (secondary N) is 1. The molecule has 0 fully saturated rings. The van der Waals surface area contributed by atoms with Crippen molar-refractivity contribution in [2.45, 2.75) is 46.1 Å². The van der Waals surface area contributed by atoms with Gasteiger partial charge in [-0.3, -0.25) is 9.59 Å². The molecule has 0 aliphatic heterocycles. The molecule has 0 aliphatic rings. The minimum absolute atomic E-state index is 0.138. The van der Waals surface area contributed by atoms with Crippen LogP contribution in [0.4, 0.5) is 5.13 Å². The molecule has 1 aromatic carbocycles. The minimum Gasteiger partial charge on any atom is -0.301 e. The molecule has 7 heteroatoms. The Morgan fingerprint density at radius 3 is 2.54 bits per heavy atom. The second-order valence-corrected chi connectivity index (χ2v) is 7.35. The van der Waals surface area contributed by atoms with Crippen LogP contribution >= 0.6 is 11.3 Å². The van der Waals surface area contributed by atoms with Crippen molar-refractivity contribution in [2.75, 3.05) is 5.32 Å². The topological polar surface area (TPSA) is 76.9 Å². The van der Waals surface area contributed by atoms with Crippen LogP contribution in [0.2, 0.25) is 0 Å². The van der Waals surface area contributed by atoms with Gasteiger partial charge in [0.15, 0.2) is 5.13 Å². The number of hydrogen-bond donors (Lipinski definition) is 1. The Hall–Kier alpha value is -2.54. The van der Waals surface area contributed by atoms with E-state index in [1.807, 2.05) is 30.5 Å². The lowest BCUT2D eigenvalue weighted by molar-refractivity contribution is -0.117. The Morgan fingerprint density at radius 1 is 1.23 bits per heavy atom. The molecule has 3 rings (SSSR count). The van der Waals surface area contributed by atoms with Gasteiger partial charge in [0.25, 0.3) is 5.56 Å². The number of amides is 1. The molecule has 2 aromatic heterocycles. The van der Waals surface area contributed by atoms with Crippen LogP contribution in [0.3, 0.4) is 0 Å². The summed E-state index contributed by atoms with van der Waals surface area (Å²) in [6.07, 6.45) is 0. The van der Waals surface area contributed by atoms with E-state index in [-0.39, 0.29) is 11.5 Å². The molecule has 26 heavy (non-hydrogen) atoms. The zero-order valence-corrected chi connectivity index (χ0v) is 16.1. The van der Waals surface area contributed by atoms with E-state index in [2.05, 4.69) is 29.2 Å². The third-order valence-corrected chi connectivity index (χ3v) is 5.12. The van der Waals surface area contributed by atoms with E-state index in [9.17, 15) is 9.59 Å². The average molecular weight is 370 g/mol. The van der Waals surface area contributed by atoms with Gasteiger partial charge in [0, 0.05) is 17.3 Å². The van der Waals surface area contributed by atoms with Crippen molar-refractivity contribution in [2.24, 2.45) is 0 Å². The summed E-state index contributed by atoms with van der Waals surface area (Å²) in [6.45, 7) is 8.24. The van der Waals surface area contributed by atoms with Crippen molar-refractivity contribution in [1.29, 1.82) is 0 Å². The Morgan fingerprint density at radius 2 is 1.92 bits per heavy atom. The zero-order valence-electron chi connectivity index (χ0n) is 15.3. The number of anilines is 1. The number of nitrogens with zero attached hydrogens (tertiary/aromatic N) is 3. The summed E-state index contributed by atoms with van der Waals surface area (Å²) in [5.74, 6) is -0.383. The molecule has 1 amide bonds. The fourth-order valence-electron chi connectivity index (χ4n) is 2.74. The lowest BCUT2D eigenvalue weighted by Crippen LogP contribution is -2.27. The zero-order chi connectivity index (χ0) is 18.8. The number of hydrogen-bond acceptors (Lipinski definition) is 5. The van der Waals surface area contributed by atoms with Gasteiger partial charge >= 0.3 is 0 Å². The Labute approximate surface area is 155 Å². The summed E-state index contributed by atoms with van der Waals surface area (Å²) in [6, 6.07) is 7.28. The minimum atomic E-state index is -0.510. The van der Waals surface area contributed by atoms with Crippen molar-refractivity contribution in [3.63, 3.8) is 0 Å². The number of fused-ring (bicyclic) bond motifs is 1. The number of thiazole rings is 1. The van der Waals surface area contributed by atoms with Gasteiger partial charge in [-0.05, 0) is 25.8 Å². The van der Waals surface area contributed by atoms with Crippen molar-refractivity contribution in [3.8, 4) is 0 Å². The molecule has 136 valence electrons. The van der Waals surface area contributed by atoms with E-state index in [1.165, 1.54) is 16.0 Å². The first-order chi connectivity index (χ1) is 12.4. The van der Waals surface area contributed by atoms with Crippen LogP contribution in [0.5, 0.6) is 0 Å². The predicted octanol–water partition coefficient (Wildman–Crippen LogP) is 3.74. The van der Waals surface area contributed by atoms with E-state index in [0.717, 1.165) is 5.69 Å². The van der Waals surface area contributed by atoms with Crippen molar-refractivity contribution in [3.05, 3.63) is 51.4 Å². The molecule has 0 saturated heterocycles. The van der Waals surface area contributed by atoms with E-state index in [4.69, 9.17) is 0 Å². The van der Waals surface area contributed by atoms with Gasteiger partial charge in [-0.15, -0.1) is 11.3 Å². The van der Waals surface area contributed by atoms with Crippen molar-refractivity contribution >= 4 is 33.1 Å². The number of rotatable bonds is 5. The average Bonchev–Trinajstić information content (AvgIpc) is 3.10. The monoisotopic (exact) mass is 370 g/mol. The first kappa shape index (κ1) is 18.3. The number of carbonyl (C=O) groups excluding carboxylic acids is 1. The van der Waals surface area contributed by atoms with Crippen LogP contribution in [-0.2, 0) is 11.3 Å². The Balaban J connectivity index is 1.96. The maximum absolute atomic E-state index is 12.7. The van der Waals surface area contributed by atoms with Crippen LogP contribution in [0, 0.1) is 0 Å². The van der Waals surface area contributed by atoms with E-state index in [0.29, 0.717) is 34.1 Å². The molecule has 0 radical (unpaired) electrons. The van der Waals surface area contributed by atoms with Crippen molar-refractivity contribution < 1.29 is 4.79 Å². The third kappa shape index (κ3) is 3.39. The highest BCUT2D eigenvalue weighted by Crippen LogP contribution is 2.25. The quantitative estimate of drug-likeness (QED) is 0.742. The fraction of sp³-hybridized carbons (Fsp3) is 0.368. The number of aryl methyl sites for hydroxylation is 1. The van der Waals surface area contributed by atoms with Crippen LogP contribution in [0.1, 0.15) is 50.9 Å². The van der Waals surface area contributed by atoms with Crippen molar-refractivity contribution in [1.82, 2.24) is 14.8 Å². The molecule has 0 aliphatic carbocycles. The Bertz CT molecular complexity index is 1010. The summed E-state index contributed by atoms with van der Waals surface area (Å²) in [5, 5.41) is 11.1. The first-order valence-electron chi connectivity index (χ1n) is 8.68. The van der Waals surface area contributed by atoms with Gasteiger partial charge in [-0.2, -0.15) is 5.10 Å². The normalized spacial score (nSPS) is 12.5. The summed E-state index contributed by atoms with van der Waals surface area (Å²) < 4.78 is 1.40. The lowest BCUT2D eigenvalue weighted by atomic mass is 10.0. The molecule has 2 heterocycles. The summed E-state index contributed by atoms with van der Waals surface area (Å²) in [5.41, 5.74) is 1.42. The molecule has 1 atom stereocenters. The highest BCUT2D eigenvalue weighted by Gasteiger charge is 2.22. The number of carbonyl (C=O) groups is 1. The number of aromatic nitrogens is 3. The molecule has 0 unspecified atom stereocenters. The van der Waals surface area contributed by atoms with Crippen LogP contribution in [0.25, 0.3) is 10.8 Å². The number of benzene rings is 1. The molecule has 1 N–H and O–H groups in total. The highest BCUT2D eigenvalue weighted by molar-refractivity contribution is 7.13. The van der Waals surface area contributed by atoms with Gasteiger partial charge in [0.1, 0.15) is 0 Å². The van der Waals surface area contributed by atoms with Gasteiger partial charge in [0.05, 0.1) is 22.7 Å². The predicted molar refractivity (Wildman–Crippen MR) is 105 cm³/mol. The molecular formula is C19H22N4O2S. The van der Waals surface area contributed by atoms with Gasteiger partial charge in [-0.1, -0.05) is 32.0 Å². The highest BCUT2D eigenvalue weighted by atomic mass is 32.1. The molecule has 0 bridgehead atoms. The van der Waals surface area contributed by atoms with Gasteiger partial charge < -0.3 is 5.32 Å². The smallest absolute Gasteiger partial charge is 0.274 e. The largest absolute Gasteiger partial charge is 0.301 e. The maximum Gasteiger partial charge on any atom is 0.274 e. The van der Waals surface area contributed by atoms with E-state index in [1.54, 1.807) is 13.0 Å². The van der Waals surface area contributed by atoms with E-state index < -0.39 is 5.92 Å². The summed E-state index contributed by atoms with van der Waals surface area (Å²) in [7, 11) is 0. The van der Waals surface area contributed by atoms with Crippen LogP contribution in [0.15, 0.2) is 34.4 Å². The lowest BCUT2D eigenvalue weighted by Gasteiger charge is -2.15. The third-order valence-electron chi connectivity index (χ3n) is 4.34. The maximum atomic E-state index is 12.7. The molecular weight excluding hydrogens is 348 g/mol. The first-order valence-corrected chi connectivity index (χ1v) is 9.56. The summed E-state index contributed by atoms with van der Waals surface area (Å²) >= 11 is 1.41. The second kappa shape index (κ2) is 7.37. The standard InChI is InChI=1S/C19H22N4O2S/c1-5-23-18(25)14-9-7-6-8-13(14)16(22-23)12(4)17(24)21-19-20-15(10-26-19)11(2)3/h6-12H,5H2,1-4H3,(H,20,21,24)/t12-/m0/s1. The Kier molecular flexibility index (Phi) is 5.18. The fourth-order valence-corrected chi connectivity index (χ4v) is 3.62. The summed E-state index contributed by atoms with van der Waals surface area (Å²) in [4.78, 5) is 29.6. The molecule has 3 aromatic rings. The van der Waals surface area contributed by atoms with Gasteiger partial charge in [-0.25, -0.2) is 9.67 Å². The molecule has 0 saturated carbocycles. The van der Waals surface area contributed by atoms with Crippen LogP contribution < -0.4 is 10.9 Å². The van der Waals surface area contributed by atoms with Gasteiger partial charge in [0.2, 0.25) is 5.91 Å². The van der Waals surface area contributed by atoms with E-state index >= 15 is 0 Å². The SMILES string of the molecule is CCn1nc([C@H](C)C(=O)Nc2nc(C(C)C)cs2)c2ccccc2c1=O. The molecule has 6 nitrogen and oxygen atoms in total. The second-order valence-electron chi connectivity index (χ2n) is 6.49. The van der Waals surface area contributed by atoms with Crippen LogP contribution in [-0.4, -0.2) is 20.7 Å². The molecule has 0 spiro atoms.